The molecule has 0 aliphatic heterocycles. The highest BCUT2D eigenvalue weighted by molar-refractivity contribution is 5.97. The molecule has 0 atom stereocenters. The summed E-state index contributed by atoms with van der Waals surface area (Å²) in [5.41, 5.74) is 8.49. The first-order chi connectivity index (χ1) is 18.5. The first-order valence-electron chi connectivity index (χ1n) is 11.6. The summed E-state index contributed by atoms with van der Waals surface area (Å²) in [5, 5.41) is 7.36. The third kappa shape index (κ3) is 4.70. The minimum atomic E-state index is -1.09. The maximum absolute atomic E-state index is 14.0. The van der Waals surface area contributed by atoms with E-state index in [0.29, 0.717) is 28.2 Å². The summed E-state index contributed by atoms with van der Waals surface area (Å²) in [7, 11) is 1.54. The number of aromatic nitrogens is 3. The summed E-state index contributed by atoms with van der Waals surface area (Å²) in [5.74, 6) is 0.0357. The van der Waals surface area contributed by atoms with Gasteiger partial charge in [0.2, 0.25) is 0 Å². The molecule has 190 valence electrons. The van der Waals surface area contributed by atoms with Gasteiger partial charge in [-0.25, -0.2) is 4.79 Å². The van der Waals surface area contributed by atoms with Crippen LogP contribution in [-0.2, 0) is 9.53 Å². The lowest BCUT2D eigenvalue weighted by Crippen LogP contribution is -2.26. The third-order valence-corrected chi connectivity index (χ3v) is 5.88. The van der Waals surface area contributed by atoms with E-state index in [1.54, 1.807) is 24.3 Å². The summed E-state index contributed by atoms with van der Waals surface area (Å²) in [6, 6.07) is 25.8. The van der Waals surface area contributed by atoms with Crippen LogP contribution in [0.2, 0.25) is 0 Å². The molecular weight excluding hydrogens is 486 g/mol. The molecule has 0 aliphatic carbocycles. The van der Waals surface area contributed by atoms with Crippen LogP contribution in [0.5, 0.6) is 5.75 Å². The van der Waals surface area contributed by atoms with Crippen molar-refractivity contribution in [3.8, 4) is 39.3 Å². The van der Waals surface area contributed by atoms with Crippen molar-refractivity contribution in [2.75, 3.05) is 19.0 Å². The molecule has 0 unspecified atom stereocenters. The van der Waals surface area contributed by atoms with E-state index in [9.17, 15) is 14.4 Å². The van der Waals surface area contributed by atoms with Crippen molar-refractivity contribution in [2.45, 2.75) is 0 Å². The fraction of sp³-hybridized carbons (Fsp3) is 0.0714. The molecule has 4 N–H and O–H groups in total. The maximum atomic E-state index is 14.0. The van der Waals surface area contributed by atoms with E-state index in [2.05, 4.69) is 15.0 Å². The highest BCUT2D eigenvalue weighted by atomic mass is 16.5. The van der Waals surface area contributed by atoms with Crippen molar-refractivity contribution >= 4 is 23.5 Å². The Kier molecular flexibility index (Phi) is 6.60. The van der Waals surface area contributed by atoms with E-state index in [-0.39, 0.29) is 11.4 Å². The van der Waals surface area contributed by atoms with E-state index >= 15 is 0 Å². The molecule has 0 bridgehead atoms. The summed E-state index contributed by atoms with van der Waals surface area (Å²) < 4.78 is 11.2. The Bertz CT molecular complexity index is 1680. The molecule has 0 fully saturated rings. The van der Waals surface area contributed by atoms with Gasteiger partial charge in [0.25, 0.3) is 11.5 Å². The molecule has 3 aromatic carbocycles. The van der Waals surface area contributed by atoms with Crippen LogP contribution in [0, 0.1) is 0 Å². The maximum Gasteiger partial charge on any atom is 0.405 e. The van der Waals surface area contributed by atoms with Gasteiger partial charge >= 0.3 is 6.09 Å². The molecule has 2 heterocycles. The zero-order valence-corrected chi connectivity index (χ0v) is 20.3. The van der Waals surface area contributed by atoms with Crippen molar-refractivity contribution in [1.82, 2.24) is 14.6 Å². The predicted molar refractivity (Wildman–Crippen MR) is 143 cm³/mol. The Hall–Kier alpha value is -5.38. The standard InChI is InChI=1S/C28H23N5O5/c1-37-20-14-12-18(13-15-20)23-25(30-21(34)16-38-28(29)36)31-26-22(17-8-4-2-5-9-17)24(32-33(26)27(23)35)19-10-6-3-7-11-19/h2-15,31H,16H2,1H3,(H2,29,36)(H,30,34). The van der Waals surface area contributed by atoms with Crippen LogP contribution in [0.25, 0.3) is 39.2 Å². The average molecular weight is 510 g/mol. The van der Waals surface area contributed by atoms with E-state index in [4.69, 9.17) is 15.6 Å². The third-order valence-electron chi connectivity index (χ3n) is 5.88. The lowest BCUT2D eigenvalue weighted by Gasteiger charge is -2.13. The lowest BCUT2D eigenvalue weighted by atomic mass is 10.0. The number of primary amides is 1. The predicted octanol–water partition coefficient (Wildman–Crippen LogP) is 4.07. The van der Waals surface area contributed by atoms with Gasteiger partial charge in [0.1, 0.15) is 22.9 Å². The molecule has 0 spiro atoms. The zero-order valence-electron chi connectivity index (χ0n) is 20.3. The number of nitrogens with zero attached hydrogens (tertiary/aromatic N) is 2. The number of H-pyrrole nitrogens is 1. The number of amides is 2. The van der Waals surface area contributed by atoms with Gasteiger partial charge in [-0.15, -0.1) is 0 Å². The van der Waals surface area contributed by atoms with Gasteiger partial charge < -0.3 is 25.5 Å². The Morgan fingerprint density at radius 2 is 1.50 bits per heavy atom. The van der Waals surface area contributed by atoms with Crippen LogP contribution in [0.3, 0.4) is 0 Å². The largest absolute Gasteiger partial charge is 0.497 e. The molecule has 0 saturated carbocycles. The number of hydrogen-bond acceptors (Lipinski definition) is 6. The van der Waals surface area contributed by atoms with Crippen molar-refractivity contribution in [2.24, 2.45) is 5.73 Å². The van der Waals surface area contributed by atoms with E-state index in [1.807, 2.05) is 60.7 Å². The normalized spacial score (nSPS) is 10.8. The van der Waals surface area contributed by atoms with Crippen molar-refractivity contribution in [3.05, 3.63) is 95.3 Å². The molecule has 2 aromatic heterocycles. The topological polar surface area (TPSA) is 141 Å². The van der Waals surface area contributed by atoms with Crippen molar-refractivity contribution < 1.29 is 19.1 Å². The minimum absolute atomic E-state index is 0.113. The number of rotatable bonds is 7. The number of nitrogens with two attached hydrogens (primary N) is 1. The quantitative estimate of drug-likeness (QED) is 0.302. The molecular formula is C28H23N5O5. The van der Waals surface area contributed by atoms with Gasteiger partial charge in [-0.3, -0.25) is 9.59 Å². The average Bonchev–Trinajstić information content (AvgIpc) is 3.33. The number of hydrogen-bond donors (Lipinski definition) is 3. The molecule has 0 aliphatic rings. The van der Waals surface area contributed by atoms with Crippen LogP contribution < -0.4 is 21.3 Å². The van der Waals surface area contributed by atoms with E-state index in [1.165, 1.54) is 11.6 Å². The van der Waals surface area contributed by atoms with Crippen molar-refractivity contribution in [1.29, 1.82) is 0 Å². The first kappa shape index (κ1) is 24.3. The smallest absolute Gasteiger partial charge is 0.405 e. The number of aromatic amines is 1. The van der Waals surface area contributed by atoms with E-state index < -0.39 is 24.2 Å². The number of carbonyl (C=O) groups is 2. The monoisotopic (exact) mass is 509 g/mol. The van der Waals surface area contributed by atoms with Crippen LogP contribution in [0.4, 0.5) is 10.6 Å². The van der Waals surface area contributed by atoms with Crippen LogP contribution in [0.1, 0.15) is 0 Å². The van der Waals surface area contributed by atoms with Crippen LogP contribution in [0.15, 0.2) is 89.7 Å². The Balaban J connectivity index is 1.78. The number of nitrogens with one attached hydrogen (secondary N) is 2. The van der Waals surface area contributed by atoms with Gasteiger partial charge in [-0.1, -0.05) is 72.8 Å². The summed E-state index contributed by atoms with van der Waals surface area (Å²) in [4.78, 5) is 40.8. The number of fused-ring (bicyclic) bond motifs is 1. The molecule has 0 saturated heterocycles. The highest BCUT2D eigenvalue weighted by Gasteiger charge is 2.23. The molecule has 38 heavy (non-hydrogen) atoms. The van der Waals surface area contributed by atoms with Gasteiger partial charge in [0.15, 0.2) is 6.61 Å². The molecule has 2 amide bonds. The number of benzene rings is 3. The molecule has 10 nitrogen and oxygen atoms in total. The van der Waals surface area contributed by atoms with Crippen LogP contribution in [-0.4, -0.2) is 40.3 Å². The highest BCUT2D eigenvalue weighted by Crippen LogP contribution is 2.35. The molecule has 5 rings (SSSR count). The second-order valence-corrected chi connectivity index (χ2v) is 8.28. The van der Waals surface area contributed by atoms with Crippen LogP contribution >= 0.6 is 0 Å². The number of anilines is 1. The minimum Gasteiger partial charge on any atom is -0.497 e. The Labute approximate surface area is 216 Å². The first-order valence-corrected chi connectivity index (χ1v) is 11.6. The Morgan fingerprint density at radius 1 is 0.895 bits per heavy atom. The number of ether oxygens (including phenoxy) is 2. The van der Waals surface area contributed by atoms with Gasteiger partial charge in [0, 0.05) is 5.56 Å². The SMILES string of the molecule is COc1ccc(-c2c(NC(=O)COC(N)=O)[nH]c3c(-c4ccccc4)c(-c4ccccc4)nn3c2=O)cc1. The molecule has 5 aromatic rings. The number of carbonyl (C=O) groups excluding carboxylic acids is 2. The summed E-state index contributed by atoms with van der Waals surface area (Å²) >= 11 is 0. The second kappa shape index (κ2) is 10.3. The summed E-state index contributed by atoms with van der Waals surface area (Å²) in [6.07, 6.45) is -1.09. The lowest BCUT2D eigenvalue weighted by molar-refractivity contribution is -0.118. The number of methoxy groups -OCH3 is 1. The second-order valence-electron chi connectivity index (χ2n) is 8.28. The Morgan fingerprint density at radius 3 is 2.11 bits per heavy atom. The summed E-state index contributed by atoms with van der Waals surface area (Å²) in [6.45, 7) is -0.620. The van der Waals surface area contributed by atoms with Gasteiger partial charge in [-0.2, -0.15) is 9.61 Å². The molecule has 0 radical (unpaired) electrons. The fourth-order valence-corrected chi connectivity index (χ4v) is 4.18. The van der Waals surface area contributed by atoms with E-state index in [0.717, 1.165) is 11.1 Å². The van der Waals surface area contributed by atoms with Gasteiger partial charge in [0.05, 0.1) is 18.2 Å². The zero-order chi connectivity index (χ0) is 26.6. The van der Waals surface area contributed by atoms with Gasteiger partial charge in [-0.05, 0) is 23.3 Å². The molecule has 10 heteroatoms. The fourth-order valence-electron chi connectivity index (χ4n) is 4.18. The van der Waals surface area contributed by atoms with Crippen molar-refractivity contribution in [3.63, 3.8) is 0 Å².